The molecule has 7 nitrogen and oxygen atoms in total. The molecule has 8 heteroatoms. The molecular formula is C32H26ClN3O4. The van der Waals surface area contributed by atoms with Gasteiger partial charge in [0.15, 0.2) is 11.6 Å². The van der Waals surface area contributed by atoms with Crippen LogP contribution in [0.2, 0.25) is 5.02 Å². The van der Waals surface area contributed by atoms with Crippen molar-refractivity contribution in [3.05, 3.63) is 124 Å². The Morgan fingerprint density at radius 1 is 0.975 bits per heavy atom. The molecule has 0 saturated heterocycles. The lowest BCUT2D eigenvalue weighted by atomic mass is 9.95. The number of nitrogens with zero attached hydrogens (tertiary/aromatic N) is 3. The fourth-order valence-electron chi connectivity index (χ4n) is 4.83. The van der Waals surface area contributed by atoms with Crippen LogP contribution in [0.1, 0.15) is 34.5 Å². The van der Waals surface area contributed by atoms with Crippen molar-refractivity contribution in [2.24, 2.45) is 0 Å². The first kappa shape index (κ1) is 27.0. The Hall–Kier alpha value is -4.62. The highest BCUT2D eigenvalue weighted by molar-refractivity contribution is 6.31. The molecule has 5 aromatic rings. The number of hydrogen-bond donors (Lipinski definition) is 0. The third-order valence-corrected chi connectivity index (χ3v) is 7.05. The van der Waals surface area contributed by atoms with E-state index < -0.39 is 11.6 Å². The van der Waals surface area contributed by atoms with Crippen molar-refractivity contribution >= 4 is 34.1 Å². The normalized spacial score (nSPS) is 11.8. The molecule has 40 heavy (non-hydrogen) atoms. The lowest BCUT2D eigenvalue weighted by Gasteiger charge is -2.21. The highest BCUT2D eigenvalue weighted by Crippen LogP contribution is 2.34. The van der Waals surface area contributed by atoms with Gasteiger partial charge < -0.3 is 9.30 Å². The number of ketones is 2. The van der Waals surface area contributed by atoms with Crippen LogP contribution in [-0.4, -0.2) is 33.2 Å². The van der Waals surface area contributed by atoms with Crippen LogP contribution in [0.15, 0.2) is 96.3 Å². The van der Waals surface area contributed by atoms with E-state index in [9.17, 15) is 14.4 Å². The molecule has 0 spiro atoms. The van der Waals surface area contributed by atoms with Gasteiger partial charge in [-0.3, -0.25) is 24.4 Å². The number of halogens is 1. The second-order valence-electron chi connectivity index (χ2n) is 9.51. The lowest BCUT2D eigenvalue weighted by molar-refractivity contribution is -0.121. The van der Waals surface area contributed by atoms with Gasteiger partial charge in [0.2, 0.25) is 0 Å². The zero-order valence-corrected chi connectivity index (χ0v) is 22.8. The zero-order chi connectivity index (χ0) is 28.2. The number of carbonyl (C=O) groups is 2. The first-order valence-corrected chi connectivity index (χ1v) is 13.1. The van der Waals surface area contributed by atoms with Crippen LogP contribution >= 0.6 is 11.6 Å². The number of pyridine rings is 3. The van der Waals surface area contributed by atoms with Crippen LogP contribution in [-0.2, 0) is 17.6 Å². The molecule has 200 valence electrons. The number of ether oxygens (including phenoxy) is 1. The fourth-order valence-corrected chi connectivity index (χ4v) is 5.00. The van der Waals surface area contributed by atoms with E-state index in [2.05, 4.69) is 9.97 Å². The maximum atomic E-state index is 13.8. The smallest absolute Gasteiger partial charge is 0.252 e. The molecule has 1 unspecified atom stereocenters. The van der Waals surface area contributed by atoms with Gasteiger partial charge in [0.1, 0.15) is 5.75 Å². The molecule has 5 rings (SSSR count). The van der Waals surface area contributed by atoms with Crippen LogP contribution in [0.5, 0.6) is 5.75 Å². The summed E-state index contributed by atoms with van der Waals surface area (Å²) in [4.78, 5) is 48.4. The van der Waals surface area contributed by atoms with Gasteiger partial charge in [0.25, 0.3) is 5.56 Å². The molecule has 0 fully saturated rings. The van der Waals surface area contributed by atoms with Crippen molar-refractivity contribution in [3.63, 3.8) is 0 Å². The summed E-state index contributed by atoms with van der Waals surface area (Å²) in [5.41, 5.74) is 3.34. The minimum atomic E-state index is -0.811. The number of methoxy groups -OCH3 is 1. The van der Waals surface area contributed by atoms with Gasteiger partial charge in [-0.15, -0.1) is 0 Å². The lowest BCUT2D eigenvalue weighted by Crippen LogP contribution is -2.32. The van der Waals surface area contributed by atoms with Crippen LogP contribution in [0, 0.1) is 0 Å². The number of aromatic nitrogens is 3. The van der Waals surface area contributed by atoms with Gasteiger partial charge in [-0.05, 0) is 53.9 Å². The Kier molecular flexibility index (Phi) is 7.84. The second-order valence-corrected chi connectivity index (χ2v) is 9.94. The molecule has 3 aromatic heterocycles. The monoisotopic (exact) mass is 551 g/mol. The van der Waals surface area contributed by atoms with Gasteiger partial charge in [0.05, 0.1) is 24.9 Å². The van der Waals surface area contributed by atoms with Gasteiger partial charge in [-0.2, -0.15) is 0 Å². The quantitative estimate of drug-likeness (QED) is 0.211. The summed E-state index contributed by atoms with van der Waals surface area (Å²) < 4.78 is 7.08. The molecule has 0 bridgehead atoms. The predicted octanol–water partition coefficient (Wildman–Crippen LogP) is 5.92. The van der Waals surface area contributed by atoms with E-state index in [1.165, 1.54) is 30.9 Å². The minimum absolute atomic E-state index is 0.0780. The molecule has 0 saturated carbocycles. The number of rotatable bonds is 9. The molecule has 2 aromatic carbocycles. The molecule has 3 heterocycles. The molecule has 1 atom stereocenters. The van der Waals surface area contributed by atoms with E-state index in [4.69, 9.17) is 16.3 Å². The van der Waals surface area contributed by atoms with Gasteiger partial charge in [0, 0.05) is 59.0 Å². The van der Waals surface area contributed by atoms with Crippen LogP contribution in [0.25, 0.3) is 22.0 Å². The van der Waals surface area contributed by atoms with Crippen molar-refractivity contribution < 1.29 is 14.3 Å². The highest BCUT2D eigenvalue weighted by Gasteiger charge is 2.25. The van der Waals surface area contributed by atoms with Crippen LogP contribution < -0.4 is 10.3 Å². The van der Waals surface area contributed by atoms with E-state index in [1.807, 2.05) is 42.5 Å². The van der Waals surface area contributed by atoms with E-state index in [1.54, 1.807) is 36.8 Å². The minimum Gasteiger partial charge on any atom is -0.495 e. The summed E-state index contributed by atoms with van der Waals surface area (Å²) in [6, 6.07) is 18.7. The first-order chi connectivity index (χ1) is 19.3. The van der Waals surface area contributed by atoms with Gasteiger partial charge in [-0.25, -0.2) is 0 Å². The summed E-state index contributed by atoms with van der Waals surface area (Å²) in [7, 11) is 1.48. The van der Waals surface area contributed by atoms with Crippen molar-refractivity contribution in [3.8, 4) is 16.9 Å². The summed E-state index contributed by atoms with van der Waals surface area (Å²) in [5, 5.41) is 1.25. The fraction of sp³-hybridized carbons (Fsp3) is 0.156. The molecule has 0 aliphatic rings. The van der Waals surface area contributed by atoms with Gasteiger partial charge in [-0.1, -0.05) is 41.9 Å². The Bertz CT molecular complexity index is 1780. The van der Waals surface area contributed by atoms with Crippen molar-refractivity contribution in [2.45, 2.75) is 25.8 Å². The maximum absolute atomic E-state index is 13.8. The Morgan fingerprint density at radius 2 is 1.77 bits per heavy atom. The van der Waals surface area contributed by atoms with E-state index in [0.29, 0.717) is 33.9 Å². The number of benzene rings is 2. The van der Waals surface area contributed by atoms with Crippen LogP contribution in [0.4, 0.5) is 0 Å². The first-order valence-electron chi connectivity index (χ1n) is 12.7. The highest BCUT2D eigenvalue weighted by atomic mass is 35.5. The standard InChI is InChI=1S/C32H26ClN3O4/c1-20(37)25-9-8-24(33)15-26(25)27-16-32(39)36(19-31(27)40-2)29(13-21-6-4-3-5-7-21)30(38)14-22-12-23-18-34-11-10-28(23)35-17-22/h3-12,15-19,29H,13-14H2,1-2H3. The largest absolute Gasteiger partial charge is 0.495 e. The maximum Gasteiger partial charge on any atom is 0.252 e. The molecule has 0 aliphatic carbocycles. The average Bonchev–Trinajstić information content (AvgIpc) is 2.96. The topological polar surface area (TPSA) is 91.2 Å². The molecule has 0 N–H and O–H groups in total. The van der Waals surface area contributed by atoms with E-state index >= 15 is 0 Å². The van der Waals surface area contributed by atoms with Gasteiger partial charge >= 0.3 is 0 Å². The summed E-state index contributed by atoms with van der Waals surface area (Å²) in [6.07, 6.45) is 6.97. The second kappa shape index (κ2) is 11.6. The zero-order valence-electron chi connectivity index (χ0n) is 22.0. The summed E-state index contributed by atoms with van der Waals surface area (Å²) >= 11 is 6.24. The van der Waals surface area contributed by atoms with Crippen LogP contribution in [0.3, 0.4) is 0 Å². The number of Topliss-reactive ketones (excluding diaryl/α,β-unsaturated/α-hetero) is 2. The number of fused-ring (bicyclic) bond motifs is 1. The number of carbonyl (C=O) groups excluding carboxylic acids is 2. The van der Waals surface area contributed by atoms with E-state index in [-0.39, 0.29) is 18.0 Å². The average molecular weight is 552 g/mol. The third kappa shape index (κ3) is 5.70. The van der Waals surface area contributed by atoms with E-state index in [0.717, 1.165) is 22.0 Å². The SMILES string of the molecule is COc1cn(C(Cc2ccccc2)C(=O)Cc2cnc3ccncc3c2)c(=O)cc1-c1cc(Cl)ccc1C(C)=O. The molecular weight excluding hydrogens is 526 g/mol. The van der Waals surface area contributed by atoms with Crippen molar-refractivity contribution in [1.29, 1.82) is 0 Å². The predicted molar refractivity (Wildman–Crippen MR) is 155 cm³/mol. The molecule has 0 amide bonds. The third-order valence-electron chi connectivity index (χ3n) is 6.81. The number of hydrogen-bond acceptors (Lipinski definition) is 6. The Balaban J connectivity index is 1.58. The van der Waals surface area contributed by atoms with Crippen molar-refractivity contribution in [1.82, 2.24) is 14.5 Å². The Labute approximate surface area is 236 Å². The van der Waals surface area contributed by atoms with Crippen molar-refractivity contribution in [2.75, 3.05) is 7.11 Å². The molecule has 0 aliphatic heterocycles. The Morgan fingerprint density at radius 3 is 2.52 bits per heavy atom. The summed E-state index contributed by atoms with van der Waals surface area (Å²) in [5.74, 6) is 0.0147. The molecule has 0 radical (unpaired) electrons. The summed E-state index contributed by atoms with van der Waals surface area (Å²) in [6.45, 7) is 1.45.